The van der Waals surface area contributed by atoms with Crippen LogP contribution in [-0.2, 0) is 16.9 Å². The largest absolute Gasteiger partial charge is 0.383 e. The highest BCUT2D eigenvalue weighted by Crippen LogP contribution is 2.54. The maximum absolute atomic E-state index is 11.4. The monoisotopic (exact) mass is 314 g/mol. The Labute approximate surface area is 132 Å². The average molecular weight is 315 g/mol. The maximum Gasteiger partial charge on any atom is 0.109 e. The molecule has 120 valence electrons. The molecule has 0 amide bonds. The van der Waals surface area contributed by atoms with Gasteiger partial charge < -0.3 is 9.84 Å². The minimum absolute atomic E-state index is 0.0657. The SMILES string of the molecule is COCCn1ncc(Cl)c1C1(O)CC(C)(C)CC(C)(C)C1. The molecule has 0 unspecified atom stereocenters. The molecule has 0 radical (unpaired) electrons. The molecule has 21 heavy (non-hydrogen) atoms. The van der Waals surface area contributed by atoms with Crippen LogP contribution >= 0.6 is 11.6 Å². The lowest BCUT2D eigenvalue weighted by Gasteiger charge is -2.49. The van der Waals surface area contributed by atoms with E-state index in [1.807, 2.05) is 0 Å². The standard InChI is InChI=1S/C16H27ClN2O2/c1-14(2)9-15(3,4)11-16(20,10-14)13-12(17)8-18-19(13)6-7-21-5/h8,20H,6-7,9-11H2,1-5H3. The summed E-state index contributed by atoms with van der Waals surface area (Å²) >= 11 is 6.35. The molecule has 0 bridgehead atoms. The Morgan fingerprint density at radius 3 is 2.33 bits per heavy atom. The molecule has 1 heterocycles. The molecule has 0 spiro atoms. The van der Waals surface area contributed by atoms with Crippen molar-refractivity contribution >= 4 is 11.6 Å². The van der Waals surface area contributed by atoms with Crippen LogP contribution in [0.4, 0.5) is 0 Å². The Kier molecular flexibility index (Phi) is 4.45. The zero-order valence-corrected chi connectivity index (χ0v) is 14.5. The van der Waals surface area contributed by atoms with E-state index < -0.39 is 5.60 Å². The number of ether oxygens (including phenoxy) is 1. The highest BCUT2D eigenvalue weighted by molar-refractivity contribution is 6.31. The van der Waals surface area contributed by atoms with Gasteiger partial charge in [0.2, 0.25) is 0 Å². The molecular weight excluding hydrogens is 288 g/mol. The van der Waals surface area contributed by atoms with E-state index in [-0.39, 0.29) is 10.8 Å². The highest BCUT2D eigenvalue weighted by atomic mass is 35.5. The first-order valence-electron chi connectivity index (χ1n) is 7.52. The molecule has 1 aliphatic rings. The van der Waals surface area contributed by atoms with Crippen LogP contribution in [0.1, 0.15) is 52.7 Å². The van der Waals surface area contributed by atoms with E-state index in [0.717, 1.165) is 12.1 Å². The Balaban J connectivity index is 2.41. The van der Waals surface area contributed by atoms with Gasteiger partial charge in [-0.15, -0.1) is 0 Å². The zero-order valence-electron chi connectivity index (χ0n) is 13.7. The number of halogens is 1. The van der Waals surface area contributed by atoms with E-state index >= 15 is 0 Å². The van der Waals surface area contributed by atoms with Gasteiger partial charge in [-0.25, -0.2) is 0 Å². The van der Waals surface area contributed by atoms with Gasteiger partial charge in [0.05, 0.1) is 30.1 Å². The van der Waals surface area contributed by atoms with Gasteiger partial charge in [0.15, 0.2) is 0 Å². The van der Waals surface area contributed by atoms with Crippen LogP contribution in [0.5, 0.6) is 0 Å². The number of aromatic nitrogens is 2. The summed E-state index contributed by atoms with van der Waals surface area (Å²) in [5.74, 6) is 0. The van der Waals surface area contributed by atoms with Crippen molar-refractivity contribution in [1.82, 2.24) is 9.78 Å². The Bertz CT molecular complexity index is 492. The number of methoxy groups -OCH3 is 1. The third kappa shape index (κ3) is 3.61. The Morgan fingerprint density at radius 2 is 1.81 bits per heavy atom. The van der Waals surface area contributed by atoms with Gasteiger partial charge in [0.1, 0.15) is 5.60 Å². The summed E-state index contributed by atoms with van der Waals surface area (Å²) in [5.41, 5.74) is -0.0686. The molecule has 2 rings (SSSR count). The molecule has 1 aromatic rings. The topological polar surface area (TPSA) is 47.3 Å². The lowest BCUT2D eigenvalue weighted by molar-refractivity contribution is -0.0965. The first-order chi connectivity index (χ1) is 9.59. The number of hydrogen-bond acceptors (Lipinski definition) is 3. The van der Waals surface area contributed by atoms with Crippen molar-refractivity contribution in [2.75, 3.05) is 13.7 Å². The number of nitrogens with zero attached hydrogens (tertiary/aromatic N) is 2. The van der Waals surface area contributed by atoms with Crippen molar-refractivity contribution in [3.05, 3.63) is 16.9 Å². The Hall–Kier alpha value is -0.580. The van der Waals surface area contributed by atoms with Crippen LogP contribution in [0, 0.1) is 10.8 Å². The van der Waals surface area contributed by atoms with Gasteiger partial charge in [0, 0.05) is 7.11 Å². The second-order valence-corrected chi connectivity index (χ2v) is 8.35. The van der Waals surface area contributed by atoms with Gasteiger partial charge in [0.25, 0.3) is 0 Å². The summed E-state index contributed by atoms with van der Waals surface area (Å²) in [7, 11) is 1.66. The van der Waals surface area contributed by atoms with Gasteiger partial charge in [-0.2, -0.15) is 5.10 Å². The van der Waals surface area contributed by atoms with Crippen LogP contribution < -0.4 is 0 Å². The summed E-state index contributed by atoms with van der Waals surface area (Å²) in [6, 6.07) is 0. The molecule has 1 fully saturated rings. The molecule has 5 heteroatoms. The highest BCUT2D eigenvalue weighted by Gasteiger charge is 2.49. The predicted octanol–water partition coefficient (Wildman–Crippen LogP) is 3.61. The van der Waals surface area contributed by atoms with Crippen molar-refractivity contribution in [2.24, 2.45) is 10.8 Å². The molecule has 1 aliphatic carbocycles. The second-order valence-electron chi connectivity index (χ2n) is 7.95. The van der Waals surface area contributed by atoms with Crippen LogP contribution in [-0.4, -0.2) is 28.6 Å². The van der Waals surface area contributed by atoms with Crippen molar-refractivity contribution in [3.8, 4) is 0 Å². The molecule has 1 N–H and O–H groups in total. The quantitative estimate of drug-likeness (QED) is 0.923. The van der Waals surface area contributed by atoms with Gasteiger partial charge in [-0.3, -0.25) is 4.68 Å². The number of hydrogen-bond donors (Lipinski definition) is 1. The van der Waals surface area contributed by atoms with Gasteiger partial charge in [-0.1, -0.05) is 39.3 Å². The van der Waals surface area contributed by atoms with Crippen LogP contribution in [0.15, 0.2) is 6.20 Å². The van der Waals surface area contributed by atoms with Crippen LogP contribution in [0.25, 0.3) is 0 Å². The first-order valence-corrected chi connectivity index (χ1v) is 7.90. The maximum atomic E-state index is 11.4. The van der Waals surface area contributed by atoms with Crippen molar-refractivity contribution in [1.29, 1.82) is 0 Å². The fraction of sp³-hybridized carbons (Fsp3) is 0.812. The molecule has 0 saturated heterocycles. The number of rotatable bonds is 4. The van der Waals surface area contributed by atoms with Crippen molar-refractivity contribution < 1.29 is 9.84 Å². The molecule has 1 aromatic heterocycles. The molecule has 0 atom stereocenters. The first kappa shape index (κ1) is 16.8. The van der Waals surface area contributed by atoms with Crippen molar-refractivity contribution in [2.45, 2.75) is 59.1 Å². The lowest BCUT2D eigenvalue weighted by atomic mass is 9.59. The fourth-order valence-electron chi connectivity index (χ4n) is 4.41. The van der Waals surface area contributed by atoms with E-state index in [1.165, 1.54) is 0 Å². The summed E-state index contributed by atoms with van der Waals surface area (Å²) in [4.78, 5) is 0. The smallest absolute Gasteiger partial charge is 0.109 e. The zero-order chi connectivity index (χ0) is 15.9. The summed E-state index contributed by atoms with van der Waals surface area (Å²) < 4.78 is 6.92. The third-order valence-corrected chi connectivity index (χ3v) is 4.52. The molecule has 1 saturated carbocycles. The van der Waals surface area contributed by atoms with E-state index in [9.17, 15) is 5.11 Å². The average Bonchev–Trinajstić information content (AvgIpc) is 2.63. The van der Waals surface area contributed by atoms with Gasteiger partial charge >= 0.3 is 0 Å². The minimum Gasteiger partial charge on any atom is -0.383 e. The molecule has 0 aromatic carbocycles. The van der Waals surface area contributed by atoms with E-state index in [2.05, 4.69) is 32.8 Å². The normalized spacial score (nSPS) is 23.2. The van der Waals surface area contributed by atoms with E-state index in [0.29, 0.717) is 31.0 Å². The van der Waals surface area contributed by atoms with Crippen molar-refractivity contribution in [3.63, 3.8) is 0 Å². The van der Waals surface area contributed by atoms with Crippen LogP contribution in [0.2, 0.25) is 5.02 Å². The summed E-state index contributed by atoms with van der Waals surface area (Å²) in [6.07, 6.45) is 4.11. The minimum atomic E-state index is -0.938. The molecule has 0 aliphatic heterocycles. The lowest BCUT2D eigenvalue weighted by Crippen LogP contribution is -2.45. The predicted molar refractivity (Wildman–Crippen MR) is 84.4 cm³/mol. The van der Waals surface area contributed by atoms with Crippen LogP contribution in [0.3, 0.4) is 0 Å². The summed E-state index contributed by atoms with van der Waals surface area (Å²) in [6.45, 7) is 9.99. The molecular formula is C16H27ClN2O2. The van der Waals surface area contributed by atoms with E-state index in [4.69, 9.17) is 16.3 Å². The number of aliphatic hydroxyl groups is 1. The fourth-order valence-corrected chi connectivity index (χ4v) is 4.72. The Morgan fingerprint density at radius 1 is 1.24 bits per heavy atom. The van der Waals surface area contributed by atoms with Gasteiger partial charge in [-0.05, 0) is 30.1 Å². The van der Waals surface area contributed by atoms with E-state index in [1.54, 1.807) is 18.0 Å². The molecule has 4 nitrogen and oxygen atoms in total. The second kappa shape index (κ2) is 5.56. The third-order valence-electron chi connectivity index (χ3n) is 4.24. The summed E-state index contributed by atoms with van der Waals surface area (Å²) in [5, 5.41) is 16.2.